The highest BCUT2D eigenvalue weighted by atomic mass is 127. The van der Waals surface area contributed by atoms with Gasteiger partial charge < -0.3 is 4.74 Å². The number of methoxy groups -OCH3 is 1. The van der Waals surface area contributed by atoms with E-state index in [2.05, 4.69) is 4.98 Å². The Hall–Kier alpha value is -0.460. The molecule has 0 aliphatic rings. The van der Waals surface area contributed by atoms with E-state index in [1.807, 2.05) is 22.6 Å². The molecule has 5 heteroatoms. The van der Waals surface area contributed by atoms with Crippen LogP contribution in [0.15, 0.2) is 12.3 Å². The lowest BCUT2D eigenvalue weighted by Gasteiger charge is -2.04. The molecule has 0 unspecified atom stereocenters. The van der Waals surface area contributed by atoms with Gasteiger partial charge in [-0.25, -0.2) is 13.8 Å². The molecule has 0 aliphatic heterocycles. The Morgan fingerprint density at radius 2 is 2.25 bits per heavy atom. The van der Waals surface area contributed by atoms with Crippen LogP contribution in [0.1, 0.15) is 12.0 Å². The van der Waals surface area contributed by atoms with Crippen molar-refractivity contribution < 1.29 is 13.5 Å². The molecule has 0 bridgehead atoms. The van der Waals surface area contributed by atoms with Crippen LogP contribution in [0, 0.1) is 3.57 Å². The van der Waals surface area contributed by atoms with Crippen LogP contribution in [-0.4, -0.2) is 12.1 Å². The Morgan fingerprint density at radius 3 is 2.75 bits per heavy atom. The standard InChI is InChI=1S/C7H6F2INO/c1-12-6-2-4(7(8)9)5(10)3-11-6/h2-3,7H,1H3. The van der Waals surface area contributed by atoms with Gasteiger partial charge in [-0.15, -0.1) is 0 Å². The van der Waals surface area contributed by atoms with Crippen molar-refractivity contribution in [1.82, 2.24) is 4.98 Å². The Morgan fingerprint density at radius 1 is 1.58 bits per heavy atom. The van der Waals surface area contributed by atoms with Crippen molar-refractivity contribution in [3.8, 4) is 5.88 Å². The highest BCUT2D eigenvalue weighted by Gasteiger charge is 2.12. The average Bonchev–Trinajstić information content (AvgIpc) is 2.05. The third-order valence-corrected chi connectivity index (χ3v) is 2.21. The van der Waals surface area contributed by atoms with E-state index in [-0.39, 0.29) is 11.4 Å². The van der Waals surface area contributed by atoms with E-state index in [0.29, 0.717) is 3.57 Å². The summed E-state index contributed by atoms with van der Waals surface area (Å²) in [7, 11) is 1.39. The molecule has 0 fully saturated rings. The second kappa shape index (κ2) is 3.97. The fraction of sp³-hybridized carbons (Fsp3) is 0.286. The van der Waals surface area contributed by atoms with E-state index in [1.165, 1.54) is 19.4 Å². The van der Waals surface area contributed by atoms with Crippen molar-refractivity contribution in [1.29, 1.82) is 0 Å². The fourth-order valence-corrected chi connectivity index (χ4v) is 1.24. The van der Waals surface area contributed by atoms with Gasteiger partial charge in [-0.1, -0.05) is 0 Å². The van der Waals surface area contributed by atoms with Crippen LogP contribution >= 0.6 is 22.6 Å². The number of rotatable bonds is 2. The van der Waals surface area contributed by atoms with Crippen LogP contribution in [0.4, 0.5) is 8.78 Å². The normalized spacial score (nSPS) is 10.4. The van der Waals surface area contributed by atoms with Gasteiger partial charge in [0.25, 0.3) is 6.43 Å². The summed E-state index contributed by atoms with van der Waals surface area (Å²) in [5, 5.41) is 0. The summed E-state index contributed by atoms with van der Waals surface area (Å²) in [6.45, 7) is 0. The molecule has 66 valence electrons. The summed E-state index contributed by atoms with van der Waals surface area (Å²) in [5.74, 6) is 0.214. The van der Waals surface area contributed by atoms with Gasteiger partial charge in [0, 0.05) is 21.4 Å². The van der Waals surface area contributed by atoms with E-state index >= 15 is 0 Å². The molecule has 1 rings (SSSR count). The molecule has 1 heterocycles. The van der Waals surface area contributed by atoms with Crippen LogP contribution in [0.3, 0.4) is 0 Å². The summed E-state index contributed by atoms with van der Waals surface area (Å²) in [6, 6.07) is 1.24. The average molecular weight is 285 g/mol. The molecule has 0 aliphatic carbocycles. The predicted octanol–water partition coefficient (Wildman–Crippen LogP) is 2.63. The maximum Gasteiger partial charge on any atom is 0.265 e. The minimum atomic E-state index is -2.48. The van der Waals surface area contributed by atoms with Gasteiger partial charge >= 0.3 is 0 Å². The summed E-state index contributed by atoms with van der Waals surface area (Å²) in [6.07, 6.45) is -1.12. The fourth-order valence-electron chi connectivity index (χ4n) is 0.713. The van der Waals surface area contributed by atoms with Gasteiger partial charge in [0.15, 0.2) is 0 Å². The van der Waals surface area contributed by atoms with Crippen molar-refractivity contribution in [2.24, 2.45) is 0 Å². The first-order chi connectivity index (χ1) is 5.65. The highest BCUT2D eigenvalue weighted by molar-refractivity contribution is 14.1. The highest BCUT2D eigenvalue weighted by Crippen LogP contribution is 2.26. The molecule has 1 aromatic heterocycles. The molecule has 0 spiro atoms. The van der Waals surface area contributed by atoms with Crippen molar-refractivity contribution in [2.45, 2.75) is 6.43 Å². The van der Waals surface area contributed by atoms with E-state index in [9.17, 15) is 8.78 Å². The minimum Gasteiger partial charge on any atom is -0.481 e. The lowest BCUT2D eigenvalue weighted by atomic mass is 10.3. The van der Waals surface area contributed by atoms with Gasteiger partial charge in [0.2, 0.25) is 5.88 Å². The van der Waals surface area contributed by atoms with Crippen molar-refractivity contribution >= 4 is 22.6 Å². The largest absolute Gasteiger partial charge is 0.481 e. The molecular formula is C7H6F2INO. The first-order valence-electron chi connectivity index (χ1n) is 3.12. The third kappa shape index (κ3) is 2.02. The maximum absolute atomic E-state index is 12.3. The predicted molar refractivity (Wildman–Crippen MR) is 48.5 cm³/mol. The number of nitrogens with zero attached hydrogens (tertiary/aromatic N) is 1. The van der Waals surface area contributed by atoms with E-state index in [4.69, 9.17) is 4.74 Å². The summed E-state index contributed by atoms with van der Waals surface area (Å²) in [4.78, 5) is 3.78. The molecule has 0 saturated heterocycles. The van der Waals surface area contributed by atoms with Crippen LogP contribution in [0.5, 0.6) is 5.88 Å². The lowest BCUT2D eigenvalue weighted by molar-refractivity contribution is 0.150. The van der Waals surface area contributed by atoms with E-state index in [0.717, 1.165) is 0 Å². The second-order valence-electron chi connectivity index (χ2n) is 2.05. The molecule has 12 heavy (non-hydrogen) atoms. The Kier molecular flexibility index (Phi) is 3.19. The van der Waals surface area contributed by atoms with Crippen LogP contribution < -0.4 is 4.74 Å². The number of aromatic nitrogens is 1. The zero-order valence-corrected chi connectivity index (χ0v) is 8.38. The number of ether oxygens (including phenoxy) is 1. The zero-order chi connectivity index (χ0) is 9.14. The molecule has 1 aromatic rings. The smallest absolute Gasteiger partial charge is 0.265 e. The van der Waals surface area contributed by atoms with Crippen LogP contribution in [0.2, 0.25) is 0 Å². The number of halogens is 3. The number of hydrogen-bond donors (Lipinski definition) is 0. The molecule has 0 atom stereocenters. The van der Waals surface area contributed by atoms with Crippen molar-refractivity contribution in [3.63, 3.8) is 0 Å². The monoisotopic (exact) mass is 285 g/mol. The Bertz CT molecular complexity index is 280. The molecule has 0 saturated carbocycles. The summed E-state index contributed by atoms with van der Waals surface area (Å²) in [5.41, 5.74) is -0.0394. The Balaban J connectivity index is 3.08. The number of pyridine rings is 1. The van der Waals surface area contributed by atoms with Gasteiger partial charge in [-0.2, -0.15) is 0 Å². The zero-order valence-electron chi connectivity index (χ0n) is 6.22. The van der Waals surface area contributed by atoms with Gasteiger partial charge in [0.05, 0.1) is 7.11 Å². The SMILES string of the molecule is COc1cc(C(F)F)c(I)cn1. The molecule has 0 amide bonds. The van der Waals surface area contributed by atoms with Crippen LogP contribution in [0.25, 0.3) is 0 Å². The Labute approximate surface area is 82.1 Å². The van der Waals surface area contributed by atoms with E-state index < -0.39 is 6.43 Å². The topological polar surface area (TPSA) is 22.1 Å². The molecule has 0 N–H and O–H groups in total. The van der Waals surface area contributed by atoms with Crippen molar-refractivity contribution in [3.05, 3.63) is 21.4 Å². The van der Waals surface area contributed by atoms with Gasteiger partial charge in [-0.3, -0.25) is 0 Å². The maximum atomic E-state index is 12.3. The van der Waals surface area contributed by atoms with E-state index in [1.54, 1.807) is 0 Å². The molecule has 0 radical (unpaired) electrons. The minimum absolute atomic E-state index is 0.0394. The first kappa shape index (κ1) is 9.63. The molecule has 2 nitrogen and oxygen atoms in total. The molecule has 0 aromatic carbocycles. The van der Waals surface area contributed by atoms with Gasteiger partial charge in [-0.05, 0) is 22.6 Å². The molecular weight excluding hydrogens is 279 g/mol. The second-order valence-corrected chi connectivity index (χ2v) is 3.21. The van der Waals surface area contributed by atoms with Crippen LogP contribution in [-0.2, 0) is 0 Å². The third-order valence-electron chi connectivity index (χ3n) is 1.30. The van der Waals surface area contributed by atoms with Gasteiger partial charge in [0.1, 0.15) is 0 Å². The lowest BCUT2D eigenvalue weighted by Crippen LogP contribution is -1.94. The summed E-state index contributed by atoms with van der Waals surface area (Å²) < 4.78 is 29.7. The summed E-state index contributed by atoms with van der Waals surface area (Å²) >= 11 is 1.81. The first-order valence-corrected chi connectivity index (χ1v) is 4.20. The number of hydrogen-bond acceptors (Lipinski definition) is 2. The quantitative estimate of drug-likeness (QED) is 0.779. The van der Waals surface area contributed by atoms with Crippen molar-refractivity contribution in [2.75, 3.05) is 7.11 Å². The number of alkyl halides is 2.